The van der Waals surface area contributed by atoms with Gasteiger partial charge in [0.25, 0.3) is 0 Å². The topological polar surface area (TPSA) is 78.5 Å². The lowest BCUT2D eigenvalue weighted by atomic mass is 10.0. The molecule has 1 fully saturated rings. The van der Waals surface area contributed by atoms with Gasteiger partial charge in [-0.2, -0.15) is 0 Å². The summed E-state index contributed by atoms with van der Waals surface area (Å²) in [6.07, 6.45) is 4.79. The Labute approximate surface area is 142 Å². The highest BCUT2D eigenvalue weighted by Crippen LogP contribution is 2.17. The molecule has 8 heteroatoms. The third kappa shape index (κ3) is 6.12. The molecule has 1 aliphatic rings. The Bertz CT molecular complexity index is 628. The molecule has 0 saturated carbocycles. The van der Waals surface area contributed by atoms with Crippen LogP contribution in [-0.2, 0) is 16.4 Å². The Balaban J connectivity index is 1.82. The van der Waals surface area contributed by atoms with Crippen molar-refractivity contribution in [2.24, 2.45) is 0 Å². The van der Waals surface area contributed by atoms with Crippen LogP contribution < -0.4 is 10.0 Å². The largest absolute Gasteiger partial charge is 0.338 e. The number of nitrogens with zero attached hydrogens (tertiary/aromatic N) is 1. The van der Waals surface area contributed by atoms with Gasteiger partial charge in [-0.25, -0.2) is 17.9 Å². The number of thiophene rings is 1. The Morgan fingerprint density at radius 1 is 1.39 bits per heavy atom. The monoisotopic (exact) mass is 359 g/mol. The number of sulfonamides is 1. The summed E-state index contributed by atoms with van der Waals surface area (Å²) in [7, 11) is -3.23. The van der Waals surface area contributed by atoms with Crippen LogP contribution in [-0.4, -0.2) is 51.3 Å². The van der Waals surface area contributed by atoms with E-state index in [1.807, 2.05) is 0 Å². The van der Waals surface area contributed by atoms with Crippen molar-refractivity contribution in [3.05, 3.63) is 21.9 Å². The summed E-state index contributed by atoms with van der Waals surface area (Å²) in [5, 5.41) is 2.95. The lowest BCUT2D eigenvalue weighted by Gasteiger charge is -2.35. The number of carbonyl (C=O) groups is 1. The van der Waals surface area contributed by atoms with Crippen molar-refractivity contribution in [3.8, 4) is 0 Å². The second-order valence-electron chi connectivity index (χ2n) is 5.96. The molecular weight excluding hydrogens is 334 g/mol. The van der Waals surface area contributed by atoms with E-state index in [1.165, 1.54) is 9.75 Å². The maximum absolute atomic E-state index is 12.4. The maximum Gasteiger partial charge on any atom is 0.317 e. The Kier molecular flexibility index (Phi) is 6.43. The van der Waals surface area contributed by atoms with Crippen LogP contribution in [0.3, 0.4) is 0 Å². The van der Waals surface area contributed by atoms with E-state index in [4.69, 9.17) is 0 Å². The number of urea groups is 1. The van der Waals surface area contributed by atoms with Gasteiger partial charge in [-0.3, -0.25) is 0 Å². The number of likely N-dealkylation sites (tertiary alicyclic amines) is 1. The van der Waals surface area contributed by atoms with Crippen molar-refractivity contribution in [2.45, 2.75) is 38.6 Å². The molecule has 1 unspecified atom stereocenters. The van der Waals surface area contributed by atoms with E-state index < -0.39 is 10.0 Å². The zero-order chi connectivity index (χ0) is 16.9. The van der Waals surface area contributed by atoms with Crippen LogP contribution >= 0.6 is 11.3 Å². The van der Waals surface area contributed by atoms with Gasteiger partial charge in [-0.05, 0) is 44.7 Å². The first kappa shape index (κ1) is 18.2. The zero-order valence-corrected chi connectivity index (χ0v) is 15.3. The van der Waals surface area contributed by atoms with E-state index in [0.717, 1.165) is 31.9 Å². The van der Waals surface area contributed by atoms with Gasteiger partial charge in [-0.15, -0.1) is 11.3 Å². The number of carbonyl (C=O) groups excluding carboxylic acids is 1. The van der Waals surface area contributed by atoms with E-state index >= 15 is 0 Å². The first-order chi connectivity index (χ1) is 10.8. The molecule has 0 bridgehead atoms. The highest BCUT2D eigenvalue weighted by atomic mass is 32.2. The molecule has 1 aliphatic heterocycles. The molecule has 130 valence electrons. The van der Waals surface area contributed by atoms with Crippen LogP contribution in [0.1, 0.15) is 29.0 Å². The average Bonchev–Trinajstić information content (AvgIpc) is 2.90. The predicted octanol–water partition coefficient (Wildman–Crippen LogP) is 1.71. The van der Waals surface area contributed by atoms with Crippen LogP contribution in [0, 0.1) is 6.92 Å². The fourth-order valence-corrected chi connectivity index (χ4v) is 4.13. The lowest BCUT2D eigenvalue weighted by molar-refractivity contribution is 0.152. The van der Waals surface area contributed by atoms with Crippen molar-refractivity contribution in [3.63, 3.8) is 0 Å². The Morgan fingerprint density at radius 3 is 2.83 bits per heavy atom. The van der Waals surface area contributed by atoms with Gasteiger partial charge in [0.2, 0.25) is 10.0 Å². The third-order valence-corrected chi connectivity index (χ3v) is 5.66. The maximum atomic E-state index is 12.4. The molecule has 2 rings (SSSR count). The minimum atomic E-state index is -3.23. The summed E-state index contributed by atoms with van der Waals surface area (Å²) in [5.74, 6) is 0. The molecule has 23 heavy (non-hydrogen) atoms. The van der Waals surface area contributed by atoms with Gasteiger partial charge in [0.05, 0.1) is 6.26 Å². The lowest BCUT2D eigenvalue weighted by Crippen LogP contribution is -2.52. The SMILES string of the molecule is Cc1ccc(CCNC(=O)N2CCCCC2CNS(C)(=O)=O)s1. The molecule has 0 aromatic carbocycles. The van der Waals surface area contributed by atoms with Gasteiger partial charge in [0.15, 0.2) is 0 Å². The average molecular weight is 360 g/mol. The van der Waals surface area contributed by atoms with Crippen LogP contribution in [0.4, 0.5) is 4.79 Å². The van der Waals surface area contributed by atoms with Gasteiger partial charge in [0, 0.05) is 35.4 Å². The second kappa shape index (κ2) is 8.12. The first-order valence-corrected chi connectivity index (χ1v) is 10.6. The molecule has 2 amide bonds. The fraction of sp³-hybridized carbons (Fsp3) is 0.667. The minimum Gasteiger partial charge on any atom is -0.338 e. The van der Waals surface area contributed by atoms with Gasteiger partial charge >= 0.3 is 6.03 Å². The highest BCUT2D eigenvalue weighted by Gasteiger charge is 2.27. The van der Waals surface area contributed by atoms with Crippen molar-refractivity contribution in [1.82, 2.24) is 14.9 Å². The van der Waals surface area contributed by atoms with E-state index in [0.29, 0.717) is 13.1 Å². The number of nitrogens with one attached hydrogen (secondary N) is 2. The molecular formula is C15H25N3O3S2. The third-order valence-electron chi connectivity index (χ3n) is 3.91. The smallest absolute Gasteiger partial charge is 0.317 e. The molecule has 6 nitrogen and oxygen atoms in total. The molecule has 1 aromatic rings. The molecule has 2 heterocycles. The summed E-state index contributed by atoms with van der Waals surface area (Å²) in [4.78, 5) is 16.7. The number of rotatable bonds is 6. The molecule has 0 spiro atoms. The fourth-order valence-electron chi connectivity index (χ4n) is 2.74. The second-order valence-corrected chi connectivity index (χ2v) is 9.16. The standard InChI is InChI=1S/C15H25N3O3S2/c1-12-6-7-14(22-12)8-9-16-15(19)18-10-4-3-5-13(18)11-17-23(2,20)21/h6-7,13,17H,3-5,8-11H2,1-2H3,(H,16,19). The molecule has 0 radical (unpaired) electrons. The predicted molar refractivity (Wildman–Crippen MR) is 93.4 cm³/mol. The summed E-state index contributed by atoms with van der Waals surface area (Å²) >= 11 is 1.74. The normalized spacial score (nSPS) is 18.9. The summed E-state index contributed by atoms with van der Waals surface area (Å²) in [6.45, 7) is 3.64. The summed E-state index contributed by atoms with van der Waals surface area (Å²) in [6, 6.07) is 4.01. The van der Waals surface area contributed by atoms with Crippen LogP contribution in [0.25, 0.3) is 0 Å². The number of hydrogen-bond acceptors (Lipinski definition) is 4. The first-order valence-electron chi connectivity index (χ1n) is 7.89. The van der Waals surface area contributed by atoms with Crippen molar-refractivity contribution in [2.75, 3.05) is 25.9 Å². The van der Waals surface area contributed by atoms with Crippen molar-refractivity contribution >= 4 is 27.4 Å². The summed E-state index contributed by atoms with van der Waals surface area (Å²) < 4.78 is 25.0. The van der Waals surface area contributed by atoms with E-state index in [9.17, 15) is 13.2 Å². The highest BCUT2D eigenvalue weighted by molar-refractivity contribution is 7.88. The van der Waals surface area contributed by atoms with Gasteiger partial charge < -0.3 is 10.2 Å². The number of hydrogen-bond donors (Lipinski definition) is 2. The van der Waals surface area contributed by atoms with Crippen molar-refractivity contribution < 1.29 is 13.2 Å². The van der Waals surface area contributed by atoms with Crippen molar-refractivity contribution in [1.29, 1.82) is 0 Å². The summed E-state index contributed by atoms with van der Waals surface area (Å²) in [5.41, 5.74) is 0. The molecule has 1 saturated heterocycles. The van der Waals surface area contributed by atoms with Crippen LogP contribution in [0.15, 0.2) is 12.1 Å². The number of amides is 2. The van der Waals surface area contributed by atoms with E-state index in [2.05, 4.69) is 29.1 Å². The van der Waals surface area contributed by atoms with Crippen LogP contribution in [0.2, 0.25) is 0 Å². The zero-order valence-electron chi connectivity index (χ0n) is 13.7. The molecule has 2 N–H and O–H groups in total. The Morgan fingerprint density at radius 2 is 2.17 bits per heavy atom. The van der Waals surface area contributed by atoms with E-state index in [-0.39, 0.29) is 18.6 Å². The van der Waals surface area contributed by atoms with Gasteiger partial charge in [-0.1, -0.05) is 0 Å². The molecule has 1 aromatic heterocycles. The Hall–Kier alpha value is -1.12. The number of aryl methyl sites for hydroxylation is 1. The minimum absolute atomic E-state index is 0.0672. The van der Waals surface area contributed by atoms with Crippen LogP contribution in [0.5, 0.6) is 0 Å². The quantitative estimate of drug-likeness (QED) is 0.812. The number of piperidine rings is 1. The van der Waals surface area contributed by atoms with Gasteiger partial charge in [0.1, 0.15) is 0 Å². The van der Waals surface area contributed by atoms with E-state index in [1.54, 1.807) is 16.2 Å². The molecule has 1 atom stereocenters. The molecule has 0 aliphatic carbocycles.